The second-order valence-electron chi connectivity index (χ2n) is 8.39. The van der Waals surface area contributed by atoms with Crippen molar-refractivity contribution >= 4 is 33.1 Å². The third-order valence-electron chi connectivity index (χ3n) is 5.60. The van der Waals surface area contributed by atoms with E-state index in [2.05, 4.69) is 50.7 Å². The van der Waals surface area contributed by atoms with Crippen molar-refractivity contribution in [2.24, 2.45) is 0 Å². The fraction of sp³-hybridized carbons (Fsp3) is 0.292. The van der Waals surface area contributed by atoms with Crippen LogP contribution < -0.4 is 10.2 Å². The summed E-state index contributed by atoms with van der Waals surface area (Å²) in [6, 6.07) is 16.7. The van der Waals surface area contributed by atoms with E-state index in [1.165, 1.54) is 5.56 Å². The molecule has 1 fully saturated rings. The van der Waals surface area contributed by atoms with Crippen LogP contribution in [0.15, 0.2) is 46.9 Å². The molecule has 8 nitrogen and oxygen atoms in total. The number of amides is 1. The minimum atomic E-state index is -0.702. The highest BCUT2D eigenvalue weighted by molar-refractivity contribution is 7.18. The third kappa shape index (κ3) is 4.43. The molecule has 5 rings (SSSR count). The molecule has 0 aliphatic heterocycles. The van der Waals surface area contributed by atoms with E-state index in [9.17, 15) is 4.79 Å². The first-order chi connectivity index (χ1) is 15.9. The Morgan fingerprint density at radius 1 is 1.21 bits per heavy atom. The predicted molar refractivity (Wildman–Crippen MR) is 126 cm³/mol. The van der Waals surface area contributed by atoms with E-state index in [-0.39, 0.29) is 18.2 Å². The molecule has 1 N–H and O–H groups in total. The van der Waals surface area contributed by atoms with Gasteiger partial charge in [-0.1, -0.05) is 24.3 Å². The van der Waals surface area contributed by atoms with Gasteiger partial charge in [0.05, 0.1) is 22.7 Å². The van der Waals surface area contributed by atoms with Crippen LogP contribution in [0.25, 0.3) is 21.3 Å². The highest BCUT2D eigenvalue weighted by Crippen LogP contribution is 2.35. The molecule has 0 radical (unpaired) electrons. The Balaban J connectivity index is 1.31. The number of carbonyl (C=O) groups is 1. The van der Waals surface area contributed by atoms with E-state index >= 15 is 0 Å². The molecule has 1 aliphatic rings. The topological polar surface area (TPSA) is 108 Å². The van der Waals surface area contributed by atoms with Gasteiger partial charge in [-0.15, -0.1) is 21.5 Å². The number of nitriles is 1. The number of hydrogen-bond acceptors (Lipinski definition) is 8. The Morgan fingerprint density at radius 2 is 2.00 bits per heavy atom. The first-order valence-corrected chi connectivity index (χ1v) is 11.5. The molecule has 1 aliphatic carbocycles. The van der Waals surface area contributed by atoms with Crippen LogP contribution in [0.4, 0.5) is 5.69 Å². The standard InChI is InChI=1S/C24H22N6O2S/c1-30(2)18-6-4-3-5-16(18)15-7-8-17-19(11-15)33-23(26-17)13-22-29-28-21(32-22)12-20(31)27-24(14-25)9-10-24/h3-8,11H,9-10,12-13H2,1-2H3,(H,27,31). The maximum absolute atomic E-state index is 12.1. The number of fused-ring (bicyclic) bond motifs is 1. The second kappa shape index (κ2) is 8.30. The van der Waals surface area contributed by atoms with Crippen molar-refractivity contribution in [1.29, 1.82) is 5.26 Å². The molecule has 166 valence electrons. The normalized spacial score (nSPS) is 14.1. The second-order valence-corrected chi connectivity index (χ2v) is 9.50. The number of benzene rings is 2. The third-order valence-corrected chi connectivity index (χ3v) is 6.61. The van der Waals surface area contributed by atoms with E-state index < -0.39 is 5.54 Å². The Kier molecular flexibility index (Phi) is 5.30. The van der Waals surface area contributed by atoms with E-state index in [0.717, 1.165) is 26.5 Å². The maximum atomic E-state index is 12.1. The molecule has 2 aromatic carbocycles. The zero-order valence-corrected chi connectivity index (χ0v) is 19.1. The fourth-order valence-electron chi connectivity index (χ4n) is 3.72. The number of nitrogens with zero attached hydrogens (tertiary/aromatic N) is 5. The van der Waals surface area contributed by atoms with Crippen LogP contribution in [0.1, 0.15) is 29.6 Å². The number of carbonyl (C=O) groups excluding carboxylic acids is 1. The molecule has 0 atom stereocenters. The monoisotopic (exact) mass is 458 g/mol. The van der Waals surface area contributed by atoms with Crippen LogP contribution in [-0.4, -0.2) is 40.7 Å². The van der Waals surface area contributed by atoms with Crippen molar-refractivity contribution in [3.63, 3.8) is 0 Å². The number of para-hydroxylation sites is 1. The van der Waals surface area contributed by atoms with Gasteiger partial charge in [0.2, 0.25) is 17.7 Å². The molecular weight excluding hydrogens is 436 g/mol. The van der Waals surface area contributed by atoms with Crippen LogP contribution >= 0.6 is 11.3 Å². The van der Waals surface area contributed by atoms with E-state index in [1.807, 2.05) is 32.3 Å². The summed E-state index contributed by atoms with van der Waals surface area (Å²) < 4.78 is 6.74. The number of thiazole rings is 1. The Hall–Kier alpha value is -3.77. The van der Waals surface area contributed by atoms with Crippen LogP contribution in [0, 0.1) is 11.3 Å². The van der Waals surface area contributed by atoms with Crippen LogP contribution in [-0.2, 0) is 17.6 Å². The van der Waals surface area contributed by atoms with Crippen LogP contribution in [0.5, 0.6) is 0 Å². The van der Waals surface area contributed by atoms with Gasteiger partial charge in [0, 0.05) is 25.3 Å². The van der Waals surface area contributed by atoms with Crippen molar-refractivity contribution in [3.05, 3.63) is 59.3 Å². The Bertz CT molecular complexity index is 1380. The van der Waals surface area contributed by atoms with Crippen molar-refractivity contribution in [2.75, 3.05) is 19.0 Å². The molecule has 9 heteroatoms. The summed E-state index contributed by atoms with van der Waals surface area (Å²) in [7, 11) is 4.08. The number of hydrogen-bond donors (Lipinski definition) is 1. The van der Waals surface area contributed by atoms with Crippen LogP contribution in [0.2, 0.25) is 0 Å². The molecular formula is C24H22N6O2S. The quantitative estimate of drug-likeness (QED) is 0.450. The van der Waals surface area contributed by atoms with Gasteiger partial charge < -0.3 is 14.6 Å². The molecule has 0 spiro atoms. The molecule has 2 heterocycles. The average molecular weight is 459 g/mol. The van der Waals surface area contributed by atoms with Gasteiger partial charge in [0.25, 0.3) is 0 Å². The Morgan fingerprint density at radius 3 is 2.76 bits per heavy atom. The van der Waals surface area contributed by atoms with Gasteiger partial charge in [0.1, 0.15) is 17.0 Å². The lowest BCUT2D eigenvalue weighted by Crippen LogP contribution is -2.36. The van der Waals surface area contributed by atoms with Crippen molar-refractivity contribution in [2.45, 2.75) is 31.2 Å². The zero-order valence-electron chi connectivity index (χ0n) is 18.3. The van der Waals surface area contributed by atoms with Crippen LogP contribution in [0.3, 0.4) is 0 Å². The highest BCUT2D eigenvalue weighted by Gasteiger charge is 2.44. The lowest BCUT2D eigenvalue weighted by Gasteiger charge is -2.17. The summed E-state index contributed by atoms with van der Waals surface area (Å²) in [6.07, 6.45) is 1.74. The van der Waals surface area contributed by atoms with E-state index in [1.54, 1.807) is 11.3 Å². The van der Waals surface area contributed by atoms with Crippen molar-refractivity contribution in [1.82, 2.24) is 20.5 Å². The molecule has 1 saturated carbocycles. The number of anilines is 1. The summed E-state index contributed by atoms with van der Waals surface area (Å²) in [5.74, 6) is 0.367. The first kappa shape index (κ1) is 21.1. The fourth-order valence-corrected chi connectivity index (χ4v) is 4.72. The number of nitrogens with one attached hydrogen (secondary N) is 1. The van der Waals surface area contributed by atoms with Crippen molar-refractivity contribution in [3.8, 4) is 17.2 Å². The summed E-state index contributed by atoms with van der Waals surface area (Å²) in [5, 5.41) is 20.7. The minimum Gasteiger partial charge on any atom is -0.424 e. The molecule has 0 bridgehead atoms. The SMILES string of the molecule is CN(C)c1ccccc1-c1ccc2nc(Cc3nnc(CC(=O)NC4(C#N)CC4)o3)sc2c1. The molecule has 0 saturated heterocycles. The lowest BCUT2D eigenvalue weighted by atomic mass is 10.0. The maximum Gasteiger partial charge on any atom is 0.230 e. The van der Waals surface area contributed by atoms with Gasteiger partial charge >= 0.3 is 0 Å². The molecule has 0 unspecified atom stereocenters. The Labute approximate surface area is 194 Å². The molecule has 4 aromatic rings. The largest absolute Gasteiger partial charge is 0.424 e. The zero-order chi connectivity index (χ0) is 23.0. The summed E-state index contributed by atoms with van der Waals surface area (Å²) in [5.41, 5.74) is 3.69. The number of aromatic nitrogens is 3. The van der Waals surface area contributed by atoms with Crippen molar-refractivity contribution < 1.29 is 9.21 Å². The van der Waals surface area contributed by atoms with Gasteiger partial charge in [0.15, 0.2) is 0 Å². The lowest BCUT2D eigenvalue weighted by molar-refractivity contribution is -0.121. The highest BCUT2D eigenvalue weighted by atomic mass is 32.1. The number of rotatable bonds is 7. The van der Waals surface area contributed by atoms with Gasteiger partial charge in [-0.2, -0.15) is 5.26 Å². The molecule has 1 amide bonds. The predicted octanol–water partition coefficient (Wildman–Crippen LogP) is 3.72. The minimum absolute atomic E-state index is 0.0368. The molecule has 2 aromatic heterocycles. The average Bonchev–Trinajstić information content (AvgIpc) is 3.24. The molecule has 33 heavy (non-hydrogen) atoms. The van der Waals surface area contributed by atoms with E-state index in [4.69, 9.17) is 14.7 Å². The summed E-state index contributed by atoms with van der Waals surface area (Å²) >= 11 is 1.59. The van der Waals surface area contributed by atoms with Gasteiger partial charge in [-0.3, -0.25) is 4.79 Å². The first-order valence-electron chi connectivity index (χ1n) is 10.6. The smallest absolute Gasteiger partial charge is 0.230 e. The van der Waals surface area contributed by atoms with E-state index in [0.29, 0.717) is 25.2 Å². The van der Waals surface area contributed by atoms with Gasteiger partial charge in [-0.05, 0) is 36.6 Å². The summed E-state index contributed by atoms with van der Waals surface area (Å²) in [6.45, 7) is 0. The summed E-state index contributed by atoms with van der Waals surface area (Å²) in [4.78, 5) is 18.9. The van der Waals surface area contributed by atoms with Gasteiger partial charge in [-0.25, -0.2) is 4.98 Å².